The number of aliphatic hydroxyl groups is 1. The lowest BCUT2D eigenvalue weighted by Gasteiger charge is -2.25. The summed E-state index contributed by atoms with van der Waals surface area (Å²) in [7, 11) is 0. The molecule has 1 amide bonds. The van der Waals surface area contributed by atoms with E-state index in [0.717, 1.165) is 4.90 Å². The van der Waals surface area contributed by atoms with E-state index in [0.29, 0.717) is 16.8 Å². The molecule has 0 aromatic heterocycles. The van der Waals surface area contributed by atoms with Crippen LogP contribution in [0.3, 0.4) is 0 Å². The number of hydrogen-bond donors (Lipinski definition) is 2. The Morgan fingerprint density at radius 2 is 1.61 bits per heavy atom. The molecule has 0 spiro atoms. The van der Waals surface area contributed by atoms with E-state index in [1.54, 1.807) is 36.4 Å². The van der Waals surface area contributed by atoms with Gasteiger partial charge in [0, 0.05) is 23.4 Å². The Bertz CT molecular complexity index is 1220. The third kappa shape index (κ3) is 3.51. The predicted octanol–water partition coefficient (Wildman–Crippen LogP) is 3.93. The van der Waals surface area contributed by atoms with E-state index in [1.165, 1.54) is 42.5 Å². The molecule has 4 rings (SSSR count). The van der Waals surface area contributed by atoms with E-state index in [-0.39, 0.29) is 22.8 Å². The fourth-order valence-electron chi connectivity index (χ4n) is 3.59. The summed E-state index contributed by atoms with van der Waals surface area (Å²) in [5, 5.41) is 31.8. The predicted molar refractivity (Wildman–Crippen MR) is 112 cm³/mol. The Morgan fingerprint density at radius 1 is 0.935 bits per heavy atom. The molecule has 154 valence electrons. The van der Waals surface area contributed by atoms with Gasteiger partial charge >= 0.3 is 0 Å². The van der Waals surface area contributed by atoms with Crippen molar-refractivity contribution in [2.45, 2.75) is 6.04 Å². The number of carbonyl (C=O) groups is 2. The molecule has 1 aliphatic rings. The monoisotopic (exact) mass is 416 g/mol. The second-order valence-corrected chi connectivity index (χ2v) is 6.90. The van der Waals surface area contributed by atoms with Gasteiger partial charge in [0.1, 0.15) is 11.5 Å². The first-order valence-electron chi connectivity index (χ1n) is 9.28. The van der Waals surface area contributed by atoms with Gasteiger partial charge in [0.2, 0.25) is 0 Å². The van der Waals surface area contributed by atoms with Crippen LogP contribution in [0.1, 0.15) is 17.2 Å². The molecule has 0 bridgehead atoms. The summed E-state index contributed by atoms with van der Waals surface area (Å²) in [5.74, 6) is -2.21. The number of phenols is 1. The molecule has 1 fully saturated rings. The van der Waals surface area contributed by atoms with Gasteiger partial charge in [-0.2, -0.15) is 0 Å². The van der Waals surface area contributed by atoms with Gasteiger partial charge in [-0.3, -0.25) is 24.6 Å². The lowest BCUT2D eigenvalue weighted by molar-refractivity contribution is -0.384. The van der Waals surface area contributed by atoms with Crippen molar-refractivity contribution in [2.75, 3.05) is 4.90 Å². The maximum atomic E-state index is 13.0. The zero-order chi connectivity index (χ0) is 22.1. The van der Waals surface area contributed by atoms with Gasteiger partial charge in [0.05, 0.1) is 16.5 Å². The molecule has 1 heterocycles. The van der Waals surface area contributed by atoms with Gasteiger partial charge in [0.25, 0.3) is 17.4 Å². The first-order chi connectivity index (χ1) is 14.9. The van der Waals surface area contributed by atoms with Crippen molar-refractivity contribution in [3.63, 3.8) is 0 Å². The maximum Gasteiger partial charge on any atom is 0.300 e. The molecule has 1 atom stereocenters. The minimum Gasteiger partial charge on any atom is -0.508 e. The molecule has 0 aliphatic carbocycles. The first kappa shape index (κ1) is 19.8. The van der Waals surface area contributed by atoms with E-state index >= 15 is 0 Å². The smallest absolute Gasteiger partial charge is 0.300 e. The van der Waals surface area contributed by atoms with Crippen LogP contribution in [-0.4, -0.2) is 26.8 Å². The van der Waals surface area contributed by atoms with Crippen LogP contribution in [0.5, 0.6) is 5.75 Å². The number of ketones is 1. The Kier molecular flexibility index (Phi) is 4.96. The zero-order valence-electron chi connectivity index (χ0n) is 16.0. The van der Waals surface area contributed by atoms with E-state index in [9.17, 15) is 29.9 Å². The van der Waals surface area contributed by atoms with Gasteiger partial charge in [-0.1, -0.05) is 42.5 Å². The Morgan fingerprint density at radius 3 is 2.26 bits per heavy atom. The van der Waals surface area contributed by atoms with E-state index in [4.69, 9.17) is 0 Å². The van der Waals surface area contributed by atoms with Gasteiger partial charge in [-0.25, -0.2) is 0 Å². The lowest BCUT2D eigenvalue weighted by Crippen LogP contribution is -2.29. The molecule has 1 saturated heterocycles. The lowest BCUT2D eigenvalue weighted by atomic mass is 9.95. The fraction of sp³-hybridized carbons (Fsp3) is 0.0435. The van der Waals surface area contributed by atoms with Crippen LogP contribution in [-0.2, 0) is 9.59 Å². The number of phenolic OH excluding ortho intramolecular Hbond substituents is 1. The Labute approximate surface area is 176 Å². The number of nitro benzene ring substituents is 1. The van der Waals surface area contributed by atoms with Crippen molar-refractivity contribution in [3.05, 3.63) is 106 Å². The third-order valence-corrected chi connectivity index (χ3v) is 5.02. The van der Waals surface area contributed by atoms with Crippen molar-refractivity contribution >= 4 is 28.8 Å². The van der Waals surface area contributed by atoms with Crippen LogP contribution in [0.4, 0.5) is 11.4 Å². The summed E-state index contributed by atoms with van der Waals surface area (Å²) in [6, 6.07) is 18.4. The second kappa shape index (κ2) is 7.75. The SMILES string of the molecule is O=C1C(=O)N(c2ccc(O)cc2)[C@@H](c2cccc([N+](=O)[O-])c2)C1=C(O)c1ccccc1. The number of aliphatic hydroxyl groups excluding tert-OH is 1. The van der Waals surface area contributed by atoms with Gasteiger partial charge in [-0.05, 0) is 29.8 Å². The summed E-state index contributed by atoms with van der Waals surface area (Å²) in [5.41, 5.74) is 0.530. The Hall–Kier alpha value is -4.46. The summed E-state index contributed by atoms with van der Waals surface area (Å²) in [4.78, 5) is 37.8. The highest BCUT2D eigenvalue weighted by Crippen LogP contribution is 2.43. The highest BCUT2D eigenvalue weighted by molar-refractivity contribution is 6.51. The molecule has 8 heteroatoms. The fourth-order valence-corrected chi connectivity index (χ4v) is 3.59. The van der Waals surface area contributed by atoms with Gasteiger partial charge in [0.15, 0.2) is 0 Å². The quantitative estimate of drug-likeness (QED) is 0.219. The van der Waals surface area contributed by atoms with Crippen LogP contribution in [0.15, 0.2) is 84.4 Å². The van der Waals surface area contributed by atoms with Crippen molar-refractivity contribution in [1.29, 1.82) is 0 Å². The number of rotatable bonds is 4. The molecule has 0 radical (unpaired) electrons. The zero-order valence-corrected chi connectivity index (χ0v) is 16.0. The number of nitro groups is 1. The molecule has 3 aromatic carbocycles. The highest BCUT2D eigenvalue weighted by Gasteiger charge is 2.47. The number of nitrogens with zero attached hydrogens (tertiary/aromatic N) is 2. The number of amides is 1. The third-order valence-electron chi connectivity index (χ3n) is 5.02. The molecule has 0 saturated carbocycles. The topological polar surface area (TPSA) is 121 Å². The summed E-state index contributed by atoms with van der Waals surface area (Å²) in [6.07, 6.45) is 0. The van der Waals surface area contributed by atoms with E-state index < -0.39 is 22.7 Å². The van der Waals surface area contributed by atoms with E-state index in [1.807, 2.05) is 0 Å². The number of Topliss-reactive ketones (excluding diaryl/α,β-unsaturated/α-hetero) is 1. The summed E-state index contributed by atoms with van der Waals surface area (Å²) < 4.78 is 0. The normalized spacial score (nSPS) is 17.7. The number of hydrogen-bond acceptors (Lipinski definition) is 6. The van der Waals surface area contributed by atoms with Crippen molar-refractivity contribution in [3.8, 4) is 5.75 Å². The number of non-ortho nitro benzene ring substituents is 1. The minimum absolute atomic E-state index is 0.0310. The number of aromatic hydroxyl groups is 1. The molecule has 2 N–H and O–H groups in total. The molecule has 3 aromatic rings. The van der Waals surface area contributed by atoms with Crippen molar-refractivity contribution in [2.24, 2.45) is 0 Å². The molecular formula is C23H16N2O6. The second-order valence-electron chi connectivity index (χ2n) is 6.90. The number of anilines is 1. The summed E-state index contributed by atoms with van der Waals surface area (Å²) >= 11 is 0. The van der Waals surface area contributed by atoms with Crippen molar-refractivity contribution < 1.29 is 24.7 Å². The molecule has 1 aliphatic heterocycles. The van der Waals surface area contributed by atoms with Crippen LogP contribution in [0, 0.1) is 10.1 Å². The highest BCUT2D eigenvalue weighted by atomic mass is 16.6. The van der Waals surface area contributed by atoms with E-state index in [2.05, 4.69) is 0 Å². The Balaban J connectivity index is 1.97. The molecular weight excluding hydrogens is 400 g/mol. The van der Waals surface area contributed by atoms with Gasteiger partial charge < -0.3 is 10.2 Å². The van der Waals surface area contributed by atoms with Crippen LogP contribution in [0.25, 0.3) is 5.76 Å². The minimum atomic E-state index is -1.09. The number of carbonyl (C=O) groups excluding carboxylic acids is 2. The molecule has 31 heavy (non-hydrogen) atoms. The van der Waals surface area contributed by atoms with Crippen LogP contribution >= 0.6 is 0 Å². The van der Waals surface area contributed by atoms with Crippen molar-refractivity contribution in [1.82, 2.24) is 0 Å². The van der Waals surface area contributed by atoms with Gasteiger partial charge in [-0.15, -0.1) is 0 Å². The maximum absolute atomic E-state index is 13.0. The number of benzene rings is 3. The largest absolute Gasteiger partial charge is 0.508 e. The average Bonchev–Trinajstić information content (AvgIpc) is 3.05. The first-order valence-corrected chi connectivity index (χ1v) is 9.28. The molecule has 0 unspecified atom stereocenters. The van der Waals surface area contributed by atoms with Crippen LogP contribution < -0.4 is 4.90 Å². The van der Waals surface area contributed by atoms with Crippen LogP contribution in [0.2, 0.25) is 0 Å². The average molecular weight is 416 g/mol. The standard InChI is InChI=1S/C23H16N2O6/c26-18-11-9-16(10-12-18)24-20(15-7-4-8-17(13-15)25(30)31)19(22(28)23(24)29)21(27)14-5-2-1-3-6-14/h1-13,20,26-27H/t20-/m0/s1. The molecule has 8 nitrogen and oxygen atoms in total. The summed E-state index contributed by atoms with van der Waals surface area (Å²) in [6.45, 7) is 0.